The smallest absolute Gasteiger partial charge is 0.174 e. The van der Waals surface area contributed by atoms with E-state index in [1.54, 1.807) is 0 Å². The molecule has 7 heteroatoms. The molecule has 34 heavy (non-hydrogen) atoms. The molecule has 0 aliphatic carbocycles. The molecule has 0 unspecified atom stereocenters. The van der Waals surface area contributed by atoms with Crippen molar-refractivity contribution in [1.82, 2.24) is 19.9 Å². The van der Waals surface area contributed by atoms with Crippen molar-refractivity contribution < 1.29 is 4.74 Å². The number of ether oxygens (including phenoxy) is 1. The van der Waals surface area contributed by atoms with Crippen molar-refractivity contribution in [2.24, 2.45) is 0 Å². The number of thiocarbonyl (C=S) groups is 1. The number of pyridine rings is 2. The Morgan fingerprint density at radius 3 is 2.35 bits per heavy atom. The maximum atomic E-state index is 5.87. The number of hydrogen-bond acceptors (Lipinski definition) is 4. The Balaban J connectivity index is 1.64. The molecule has 4 heterocycles. The van der Waals surface area contributed by atoms with Gasteiger partial charge in [-0.1, -0.05) is 12.1 Å². The first-order chi connectivity index (χ1) is 16.6. The number of nitrogens with one attached hydrogen (secondary N) is 1. The van der Waals surface area contributed by atoms with Gasteiger partial charge in [0.05, 0.1) is 24.4 Å². The number of anilines is 1. The van der Waals surface area contributed by atoms with Crippen LogP contribution in [0.25, 0.3) is 5.82 Å². The van der Waals surface area contributed by atoms with Crippen LogP contribution in [0.15, 0.2) is 79.1 Å². The first-order valence-corrected chi connectivity index (χ1v) is 11.8. The number of benzene rings is 1. The van der Waals surface area contributed by atoms with E-state index in [1.165, 1.54) is 5.56 Å². The maximum absolute atomic E-state index is 5.87. The summed E-state index contributed by atoms with van der Waals surface area (Å²) in [6.07, 6.45) is 3.65. The molecule has 1 aliphatic rings. The summed E-state index contributed by atoms with van der Waals surface area (Å²) in [6, 6.07) is 22.1. The molecule has 172 valence electrons. The average molecular weight is 470 g/mol. The van der Waals surface area contributed by atoms with Gasteiger partial charge in [-0.05, 0) is 93.1 Å². The summed E-state index contributed by atoms with van der Waals surface area (Å²) >= 11 is 5.87. The molecule has 0 spiro atoms. The minimum absolute atomic E-state index is 0.0796. The molecule has 0 bridgehead atoms. The van der Waals surface area contributed by atoms with Crippen LogP contribution in [0.1, 0.15) is 41.7 Å². The van der Waals surface area contributed by atoms with Crippen molar-refractivity contribution in [1.29, 1.82) is 0 Å². The van der Waals surface area contributed by atoms with Crippen LogP contribution in [0.4, 0.5) is 5.69 Å². The van der Waals surface area contributed by atoms with E-state index in [2.05, 4.69) is 56.8 Å². The van der Waals surface area contributed by atoms with Crippen LogP contribution < -0.4 is 15.0 Å². The third kappa shape index (κ3) is 3.92. The number of aromatic nitrogens is 3. The fourth-order valence-electron chi connectivity index (χ4n) is 4.74. The van der Waals surface area contributed by atoms with E-state index < -0.39 is 0 Å². The highest BCUT2D eigenvalue weighted by Gasteiger charge is 2.42. The van der Waals surface area contributed by atoms with Crippen molar-refractivity contribution in [2.45, 2.75) is 32.9 Å². The van der Waals surface area contributed by atoms with Crippen LogP contribution in [0.5, 0.6) is 5.75 Å². The summed E-state index contributed by atoms with van der Waals surface area (Å²) in [7, 11) is 0. The standard InChI is InChI=1S/C27H27N5OS/c1-4-33-21-13-11-20(12-14-21)32-26(25(30-27(32)34)23-9-5-7-15-28-23)22-17-18(2)31(19(22)3)24-10-6-8-16-29-24/h5-17,25-26H,4H2,1-3H3,(H,30,34)/t25-,26-/m1/s1. The van der Waals surface area contributed by atoms with Gasteiger partial charge in [-0.3, -0.25) is 4.98 Å². The monoisotopic (exact) mass is 469 g/mol. The lowest BCUT2D eigenvalue weighted by molar-refractivity contribution is 0.340. The third-order valence-corrected chi connectivity index (χ3v) is 6.51. The Bertz CT molecular complexity index is 1290. The fourth-order valence-corrected chi connectivity index (χ4v) is 5.09. The van der Waals surface area contributed by atoms with Crippen LogP contribution in [0.2, 0.25) is 0 Å². The average Bonchev–Trinajstić information content (AvgIpc) is 3.36. The molecular weight excluding hydrogens is 442 g/mol. The molecule has 1 saturated heterocycles. The molecule has 1 aliphatic heterocycles. The van der Waals surface area contributed by atoms with E-state index in [0.29, 0.717) is 11.7 Å². The summed E-state index contributed by atoms with van der Waals surface area (Å²) in [4.78, 5) is 11.4. The van der Waals surface area contributed by atoms with Gasteiger partial charge in [-0.2, -0.15) is 0 Å². The zero-order valence-corrected chi connectivity index (χ0v) is 20.3. The minimum Gasteiger partial charge on any atom is -0.494 e. The highest BCUT2D eigenvalue weighted by molar-refractivity contribution is 7.80. The zero-order valence-electron chi connectivity index (χ0n) is 19.5. The Morgan fingerprint density at radius 1 is 0.971 bits per heavy atom. The van der Waals surface area contributed by atoms with Gasteiger partial charge in [0.2, 0.25) is 0 Å². The van der Waals surface area contributed by atoms with Crippen molar-refractivity contribution in [3.05, 3.63) is 102 Å². The van der Waals surface area contributed by atoms with E-state index in [-0.39, 0.29) is 12.1 Å². The summed E-state index contributed by atoms with van der Waals surface area (Å²) < 4.78 is 7.85. The first-order valence-electron chi connectivity index (χ1n) is 11.4. The Hall–Kier alpha value is -3.71. The fraction of sp³-hybridized carbons (Fsp3) is 0.222. The largest absolute Gasteiger partial charge is 0.494 e. The van der Waals surface area contributed by atoms with Gasteiger partial charge in [0.15, 0.2) is 5.11 Å². The van der Waals surface area contributed by atoms with Gasteiger partial charge in [-0.15, -0.1) is 0 Å². The second kappa shape index (κ2) is 9.27. The zero-order chi connectivity index (χ0) is 23.7. The van der Waals surface area contributed by atoms with Crippen LogP contribution in [0.3, 0.4) is 0 Å². The molecule has 1 N–H and O–H groups in total. The van der Waals surface area contributed by atoms with Crippen molar-refractivity contribution in [2.75, 3.05) is 11.5 Å². The topological polar surface area (TPSA) is 55.2 Å². The molecule has 1 aromatic carbocycles. The van der Waals surface area contributed by atoms with E-state index in [9.17, 15) is 0 Å². The molecule has 1 fully saturated rings. The van der Waals surface area contributed by atoms with E-state index in [1.807, 2.05) is 67.8 Å². The number of aryl methyl sites for hydroxylation is 1. The molecule has 6 nitrogen and oxygen atoms in total. The SMILES string of the molecule is CCOc1ccc(N2C(=S)N[C@H](c3ccccn3)[C@H]2c2cc(C)n(-c3ccccn3)c2C)cc1. The molecule has 0 saturated carbocycles. The molecule has 5 rings (SSSR count). The third-order valence-electron chi connectivity index (χ3n) is 6.19. The lowest BCUT2D eigenvalue weighted by atomic mass is 9.96. The number of rotatable bonds is 6. The molecule has 3 aromatic heterocycles. The molecule has 4 aromatic rings. The first kappa shape index (κ1) is 22.1. The van der Waals surface area contributed by atoms with Crippen LogP contribution in [-0.4, -0.2) is 26.3 Å². The molecule has 0 radical (unpaired) electrons. The normalized spacial score (nSPS) is 17.6. The number of nitrogens with zero attached hydrogens (tertiary/aromatic N) is 4. The minimum atomic E-state index is -0.0991. The van der Waals surface area contributed by atoms with Crippen molar-refractivity contribution >= 4 is 23.0 Å². The van der Waals surface area contributed by atoms with Gasteiger partial charge in [0.25, 0.3) is 0 Å². The maximum Gasteiger partial charge on any atom is 0.174 e. The Labute approximate surface area is 205 Å². The van der Waals surface area contributed by atoms with Gasteiger partial charge in [0.1, 0.15) is 11.6 Å². The Kier molecular flexibility index (Phi) is 6.02. The van der Waals surface area contributed by atoms with E-state index >= 15 is 0 Å². The van der Waals surface area contributed by atoms with E-state index in [4.69, 9.17) is 17.0 Å². The van der Waals surface area contributed by atoms with Crippen molar-refractivity contribution in [3.8, 4) is 11.6 Å². The van der Waals surface area contributed by atoms with E-state index in [0.717, 1.165) is 34.3 Å². The summed E-state index contributed by atoms with van der Waals surface area (Å²) in [6.45, 7) is 6.87. The lowest BCUT2D eigenvalue weighted by Crippen LogP contribution is -2.29. The highest BCUT2D eigenvalue weighted by Crippen LogP contribution is 2.43. The summed E-state index contributed by atoms with van der Waals surface area (Å²) in [5.74, 6) is 1.75. The van der Waals surface area contributed by atoms with Gasteiger partial charge in [-0.25, -0.2) is 4.98 Å². The predicted molar refractivity (Wildman–Crippen MR) is 139 cm³/mol. The van der Waals surface area contributed by atoms with Gasteiger partial charge in [0, 0.05) is 29.5 Å². The molecule has 0 amide bonds. The highest BCUT2D eigenvalue weighted by atomic mass is 32.1. The second-order valence-electron chi connectivity index (χ2n) is 8.27. The van der Waals surface area contributed by atoms with Crippen LogP contribution in [0, 0.1) is 13.8 Å². The van der Waals surface area contributed by atoms with Gasteiger partial charge >= 0.3 is 0 Å². The second-order valence-corrected chi connectivity index (χ2v) is 8.66. The van der Waals surface area contributed by atoms with Gasteiger partial charge < -0.3 is 19.5 Å². The summed E-state index contributed by atoms with van der Waals surface area (Å²) in [5, 5.41) is 4.22. The summed E-state index contributed by atoms with van der Waals surface area (Å²) in [5.41, 5.74) is 5.39. The predicted octanol–water partition coefficient (Wildman–Crippen LogP) is 5.46. The molecular formula is C27H27N5OS. The number of hydrogen-bond donors (Lipinski definition) is 1. The van der Waals surface area contributed by atoms with Crippen LogP contribution >= 0.6 is 12.2 Å². The van der Waals surface area contributed by atoms with Crippen LogP contribution in [-0.2, 0) is 0 Å². The molecule has 2 atom stereocenters. The lowest BCUT2D eigenvalue weighted by Gasteiger charge is -2.28. The Morgan fingerprint density at radius 2 is 1.71 bits per heavy atom. The van der Waals surface area contributed by atoms with Crippen molar-refractivity contribution in [3.63, 3.8) is 0 Å². The quantitative estimate of drug-likeness (QED) is 0.379.